The average Bonchev–Trinajstić information content (AvgIpc) is 3.07. The first-order valence-corrected chi connectivity index (χ1v) is 6.28. The van der Waals surface area contributed by atoms with Crippen LogP contribution in [0.4, 0.5) is 5.82 Å². The van der Waals surface area contributed by atoms with Crippen molar-refractivity contribution in [2.75, 3.05) is 24.5 Å². The lowest BCUT2D eigenvalue weighted by Gasteiger charge is -2.17. The van der Waals surface area contributed by atoms with E-state index in [1.54, 1.807) is 0 Å². The summed E-state index contributed by atoms with van der Waals surface area (Å²) in [6.45, 7) is 3.00. The van der Waals surface area contributed by atoms with E-state index in [9.17, 15) is 0 Å². The normalized spacial score (nSPS) is 25.1. The summed E-state index contributed by atoms with van der Waals surface area (Å²) in [4.78, 5) is 6.86. The summed E-state index contributed by atoms with van der Waals surface area (Å²) < 4.78 is 0. The fourth-order valence-electron chi connectivity index (χ4n) is 2.51. The Balaban J connectivity index is 1.76. The van der Waals surface area contributed by atoms with E-state index < -0.39 is 0 Å². The van der Waals surface area contributed by atoms with Gasteiger partial charge in [0.1, 0.15) is 5.82 Å². The van der Waals surface area contributed by atoms with Gasteiger partial charge >= 0.3 is 0 Å². The Bertz CT molecular complexity index is 373. The lowest BCUT2D eigenvalue weighted by Crippen LogP contribution is -2.23. The second-order valence-corrected chi connectivity index (χ2v) is 5.06. The van der Waals surface area contributed by atoms with Gasteiger partial charge in [-0.3, -0.25) is 0 Å². The molecule has 3 nitrogen and oxygen atoms in total. The van der Waals surface area contributed by atoms with Gasteiger partial charge in [0.15, 0.2) is 0 Å². The van der Waals surface area contributed by atoms with Crippen molar-refractivity contribution < 1.29 is 0 Å². The third-order valence-electron chi connectivity index (χ3n) is 3.76. The van der Waals surface area contributed by atoms with E-state index >= 15 is 0 Å². The number of nitrogens with two attached hydrogens (primary N) is 1. The van der Waals surface area contributed by atoms with Crippen molar-refractivity contribution >= 4 is 5.82 Å². The van der Waals surface area contributed by atoms with E-state index in [0.717, 1.165) is 31.4 Å². The lowest BCUT2D eigenvalue weighted by atomic mass is 10.1. The highest BCUT2D eigenvalue weighted by molar-refractivity contribution is 5.43. The molecule has 3 heteroatoms. The van der Waals surface area contributed by atoms with Crippen LogP contribution < -0.4 is 10.6 Å². The van der Waals surface area contributed by atoms with Gasteiger partial charge in [-0.15, -0.1) is 0 Å². The topological polar surface area (TPSA) is 42.1 Å². The Morgan fingerprint density at radius 3 is 2.94 bits per heavy atom. The molecule has 86 valence electrons. The molecule has 1 aromatic rings. The molecule has 1 saturated heterocycles. The predicted molar refractivity (Wildman–Crippen MR) is 65.6 cm³/mol. The molecule has 1 unspecified atom stereocenters. The molecule has 0 radical (unpaired) electrons. The monoisotopic (exact) mass is 217 g/mol. The molecule has 2 aliphatic rings. The fraction of sp³-hybridized carbons (Fsp3) is 0.615. The van der Waals surface area contributed by atoms with Crippen LogP contribution in [0.25, 0.3) is 0 Å². The molecule has 1 saturated carbocycles. The summed E-state index contributed by atoms with van der Waals surface area (Å²) in [7, 11) is 0. The standard InChI is InChI=1S/C13H19N3/c14-8-10-4-6-16(9-10)13-7-12(3-5-15-13)11-1-2-11/h3,5,7,10-11H,1-2,4,6,8-9,14H2. The molecule has 1 aliphatic carbocycles. The van der Waals surface area contributed by atoms with Gasteiger partial charge in [-0.1, -0.05) is 0 Å². The maximum Gasteiger partial charge on any atom is 0.128 e. The van der Waals surface area contributed by atoms with Crippen LogP contribution in [0.2, 0.25) is 0 Å². The highest BCUT2D eigenvalue weighted by Gasteiger charge is 2.26. The molecule has 1 aliphatic heterocycles. The molecule has 0 amide bonds. The van der Waals surface area contributed by atoms with Gasteiger partial charge in [0.25, 0.3) is 0 Å². The van der Waals surface area contributed by atoms with Gasteiger partial charge in [0, 0.05) is 19.3 Å². The number of anilines is 1. The number of aromatic nitrogens is 1. The fourth-order valence-corrected chi connectivity index (χ4v) is 2.51. The molecular weight excluding hydrogens is 198 g/mol. The summed E-state index contributed by atoms with van der Waals surface area (Å²) >= 11 is 0. The Hall–Kier alpha value is -1.09. The van der Waals surface area contributed by atoms with Gasteiger partial charge < -0.3 is 10.6 Å². The van der Waals surface area contributed by atoms with Crippen molar-refractivity contribution in [3.05, 3.63) is 23.9 Å². The molecule has 1 aromatic heterocycles. The lowest BCUT2D eigenvalue weighted by molar-refractivity contribution is 0.602. The maximum atomic E-state index is 5.72. The van der Waals surface area contributed by atoms with E-state index in [-0.39, 0.29) is 0 Å². The summed E-state index contributed by atoms with van der Waals surface area (Å²) in [6, 6.07) is 4.44. The molecule has 2 heterocycles. The number of pyridine rings is 1. The van der Waals surface area contributed by atoms with Gasteiger partial charge in [0.05, 0.1) is 0 Å². The number of rotatable bonds is 3. The van der Waals surface area contributed by atoms with E-state index in [2.05, 4.69) is 22.0 Å². The van der Waals surface area contributed by atoms with Crippen molar-refractivity contribution in [2.45, 2.75) is 25.2 Å². The molecule has 16 heavy (non-hydrogen) atoms. The minimum atomic E-state index is 0.659. The minimum absolute atomic E-state index is 0.659. The third-order valence-corrected chi connectivity index (χ3v) is 3.76. The second kappa shape index (κ2) is 4.06. The molecule has 0 bridgehead atoms. The molecule has 3 rings (SSSR count). The quantitative estimate of drug-likeness (QED) is 0.838. The van der Waals surface area contributed by atoms with Crippen molar-refractivity contribution in [3.8, 4) is 0 Å². The highest BCUT2D eigenvalue weighted by Crippen LogP contribution is 2.40. The zero-order valence-corrected chi connectivity index (χ0v) is 9.60. The van der Waals surface area contributed by atoms with Crippen LogP contribution in [0.3, 0.4) is 0 Å². The molecular formula is C13H19N3. The van der Waals surface area contributed by atoms with Gasteiger partial charge in [0.2, 0.25) is 0 Å². The zero-order chi connectivity index (χ0) is 11.0. The van der Waals surface area contributed by atoms with Crippen molar-refractivity contribution in [1.82, 2.24) is 4.98 Å². The Morgan fingerprint density at radius 1 is 1.38 bits per heavy atom. The summed E-state index contributed by atoms with van der Waals surface area (Å²) in [5.41, 5.74) is 7.19. The Kier molecular flexibility index (Phi) is 2.56. The average molecular weight is 217 g/mol. The SMILES string of the molecule is NCC1CCN(c2cc(C3CC3)ccn2)C1. The smallest absolute Gasteiger partial charge is 0.128 e. The first-order chi connectivity index (χ1) is 7.86. The van der Waals surface area contributed by atoms with Gasteiger partial charge in [-0.2, -0.15) is 0 Å². The van der Waals surface area contributed by atoms with Gasteiger partial charge in [-0.25, -0.2) is 4.98 Å². The number of hydrogen-bond acceptors (Lipinski definition) is 3. The van der Waals surface area contributed by atoms with Crippen LogP contribution in [-0.4, -0.2) is 24.6 Å². The predicted octanol–water partition coefficient (Wildman–Crippen LogP) is 1.74. The van der Waals surface area contributed by atoms with Crippen LogP contribution in [0.15, 0.2) is 18.3 Å². The molecule has 2 N–H and O–H groups in total. The number of hydrogen-bond donors (Lipinski definition) is 1. The third kappa shape index (κ3) is 1.92. The van der Waals surface area contributed by atoms with Crippen LogP contribution in [0.1, 0.15) is 30.7 Å². The van der Waals surface area contributed by atoms with Gasteiger partial charge in [-0.05, 0) is 55.3 Å². The molecule has 1 atom stereocenters. The van der Waals surface area contributed by atoms with E-state index in [4.69, 9.17) is 5.73 Å². The van der Waals surface area contributed by atoms with Crippen LogP contribution in [-0.2, 0) is 0 Å². The number of nitrogens with zero attached hydrogens (tertiary/aromatic N) is 2. The first kappa shape index (κ1) is 10.1. The summed E-state index contributed by atoms with van der Waals surface area (Å²) in [6.07, 6.45) is 5.88. The highest BCUT2D eigenvalue weighted by atomic mass is 15.2. The van der Waals surface area contributed by atoms with Crippen LogP contribution in [0, 0.1) is 5.92 Å². The second-order valence-electron chi connectivity index (χ2n) is 5.06. The minimum Gasteiger partial charge on any atom is -0.356 e. The van der Waals surface area contributed by atoms with Crippen LogP contribution >= 0.6 is 0 Å². The Labute approximate surface area is 96.7 Å². The van der Waals surface area contributed by atoms with Crippen molar-refractivity contribution in [1.29, 1.82) is 0 Å². The van der Waals surface area contributed by atoms with E-state index in [0.29, 0.717) is 5.92 Å². The van der Waals surface area contributed by atoms with E-state index in [1.807, 2.05) is 6.20 Å². The van der Waals surface area contributed by atoms with E-state index in [1.165, 1.54) is 24.8 Å². The maximum absolute atomic E-state index is 5.72. The molecule has 0 aromatic carbocycles. The summed E-state index contributed by atoms with van der Waals surface area (Å²) in [5, 5.41) is 0. The first-order valence-electron chi connectivity index (χ1n) is 6.28. The molecule has 2 fully saturated rings. The van der Waals surface area contributed by atoms with Crippen molar-refractivity contribution in [2.24, 2.45) is 11.7 Å². The Morgan fingerprint density at radius 2 is 2.25 bits per heavy atom. The molecule has 0 spiro atoms. The summed E-state index contributed by atoms with van der Waals surface area (Å²) in [5.74, 6) is 2.63. The van der Waals surface area contributed by atoms with Crippen molar-refractivity contribution in [3.63, 3.8) is 0 Å². The van der Waals surface area contributed by atoms with Crippen LogP contribution in [0.5, 0.6) is 0 Å². The largest absolute Gasteiger partial charge is 0.356 e. The zero-order valence-electron chi connectivity index (χ0n) is 9.60.